The molecule has 1 aromatic rings. The summed E-state index contributed by atoms with van der Waals surface area (Å²) in [6.07, 6.45) is 2.14. The Balaban J connectivity index is 1.69. The van der Waals surface area contributed by atoms with E-state index in [0.29, 0.717) is 18.3 Å². The molecule has 2 N–H and O–H groups in total. The average molecular weight is 291 g/mol. The van der Waals surface area contributed by atoms with Gasteiger partial charge in [0, 0.05) is 39.8 Å². The predicted octanol–water partition coefficient (Wildman–Crippen LogP) is 1.03. The summed E-state index contributed by atoms with van der Waals surface area (Å²) in [5, 5.41) is 12.8. The molecule has 5 heteroatoms. The quantitative estimate of drug-likeness (QED) is 0.851. The van der Waals surface area contributed by atoms with Gasteiger partial charge in [0.25, 0.3) is 0 Å². The molecule has 0 bridgehead atoms. The van der Waals surface area contributed by atoms with E-state index in [2.05, 4.69) is 10.2 Å². The predicted molar refractivity (Wildman–Crippen MR) is 83.1 cm³/mol. The van der Waals surface area contributed by atoms with Crippen molar-refractivity contribution in [2.24, 2.45) is 0 Å². The van der Waals surface area contributed by atoms with Crippen LogP contribution in [0.2, 0.25) is 0 Å². The first-order valence-electron chi connectivity index (χ1n) is 7.48. The first-order valence-corrected chi connectivity index (χ1v) is 7.48. The summed E-state index contributed by atoms with van der Waals surface area (Å²) in [4.78, 5) is 15.6. The zero-order valence-corrected chi connectivity index (χ0v) is 12.9. The highest BCUT2D eigenvalue weighted by Crippen LogP contribution is 2.13. The fourth-order valence-electron chi connectivity index (χ4n) is 2.50. The molecule has 1 aromatic carbocycles. The normalized spacial score (nSPS) is 16.9. The monoisotopic (exact) mass is 291 g/mol. The van der Waals surface area contributed by atoms with E-state index in [0.717, 1.165) is 32.5 Å². The minimum Gasteiger partial charge on any atom is -0.508 e. The number of piperidine rings is 1. The van der Waals surface area contributed by atoms with Gasteiger partial charge in [0.15, 0.2) is 0 Å². The van der Waals surface area contributed by atoms with Crippen LogP contribution in [0.5, 0.6) is 5.75 Å². The molecule has 1 aliphatic heterocycles. The topological polar surface area (TPSA) is 55.8 Å². The van der Waals surface area contributed by atoms with E-state index in [9.17, 15) is 9.90 Å². The molecule has 1 fully saturated rings. The van der Waals surface area contributed by atoms with E-state index in [1.807, 2.05) is 12.1 Å². The molecule has 0 unspecified atom stereocenters. The van der Waals surface area contributed by atoms with Crippen molar-refractivity contribution < 1.29 is 9.90 Å². The van der Waals surface area contributed by atoms with Gasteiger partial charge >= 0.3 is 0 Å². The van der Waals surface area contributed by atoms with Crippen LogP contribution in [-0.4, -0.2) is 60.6 Å². The molecule has 1 amide bonds. The standard InChI is InChI=1S/C16H25N3O2/c1-18(2)16(21)12-19-9-7-14(8-10-19)17-11-13-3-5-15(20)6-4-13/h3-6,14,17,20H,7-12H2,1-2H3. The van der Waals surface area contributed by atoms with E-state index in [1.165, 1.54) is 5.56 Å². The van der Waals surface area contributed by atoms with Gasteiger partial charge in [0.2, 0.25) is 5.91 Å². The van der Waals surface area contributed by atoms with Crippen LogP contribution in [0, 0.1) is 0 Å². The fraction of sp³-hybridized carbons (Fsp3) is 0.562. The Hall–Kier alpha value is -1.59. The van der Waals surface area contributed by atoms with Crippen molar-refractivity contribution in [1.82, 2.24) is 15.1 Å². The molecule has 2 rings (SSSR count). The van der Waals surface area contributed by atoms with Crippen molar-refractivity contribution >= 4 is 5.91 Å². The van der Waals surface area contributed by atoms with Crippen molar-refractivity contribution in [2.45, 2.75) is 25.4 Å². The number of rotatable bonds is 5. The van der Waals surface area contributed by atoms with Gasteiger partial charge < -0.3 is 15.3 Å². The van der Waals surface area contributed by atoms with Crippen molar-refractivity contribution in [3.05, 3.63) is 29.8 Å². The third-order valence-corrected chi connectivity index (χ3v) is 3.98. The number of hydrogen-bond donors (Lipinski definition) is 2. The van der Waals surface area contributed by atoms with Crippen LogP contribution in [0.15, 0.2) is 24.3 Å². The first-order chi connectivity index (χ1) is 10.0. The lowest BCUT2D eigenvalue weighted by Gasteiger charge is -2.32. The third kappa shape index (κ3) is 5.02. The molecule has 0 aliphatic carbocycles. The van der Waals surface area contributed by atoms with E-state index in [4.69, 9.17) is 0 Å². The fourth-order valence-corrected chi connectivity index (χ4v) is 2.50. The number of likely N-dealkylation sites (N-methyl/N-ethyl adjacent to an activating group) is 1. The summed E-state index contributed by atoms with van der Waals surface area (Å²) in [5.74, 6) is 0.475. The molecular formula is C16H25N3O2. The summed E-state index contributed by atoms with van der Waals surface area (Å²) < 4.78 is 0. The van der Waals surface area contributed by atoms with Crippen LogP contribution < -0.4 is 5.32 Å². The Morgan fingerprint density at radius 1 is 1.29 bits per heavy atom. The number of hydrogen-bond acceptors (Lipinski definition) is 4. The molecule has 116 valence electrons. The molecule has 0 saturated carbocycles. The van der Waals surface area contributed by atoms with E-state index in [1.54, 1.807) is 31.1 Å². The lowest BCUT2D eigenvalue weighted by Crippen LogP contribution is -2.45. The van der Waals surface area contributed by atoms with Gasteiger partial charge in [-0.3, -0.25) is 9.69 Å². The van der Waals surface area contributed by atoms with Gasteiger partial charge in [-0.05, 0) is 30.5 Å². The summed E-state index contributed by atoms with van der Waals surface area (Å²) in [6.45, 7) is 3.28. The second-order valence-electron chi connectivity index (χ2n) is 5.89. The second kappa shape index (κ2) is 7.43. The lowest BCUT2D eigenvalue weighted by molar-refractivity contribution is -0.130. The summed E-state index contributed by atoms with van der Waals surface area (Å²) in [7, 11) is 3.60. The highest BCUT2D eigenvalue weighted by molar-refractivity contribution is 5.77. The van der Waals surface area contributed by atoms with Crippen LogP contribution in [0.4, 0.5) is 0 Å². The van der Waals surface area contributed by atoms with Crippen LogP contribution in [0.25, 0.3) is 0 Å². The molecule has 0 spiro atoms. The summed E-state index contributed by atoms with van der Waals surface area (Å²) in [5.41, 5.74) is 1.18. The zero-order valence-electron chi connectivity index (χ0n) is 12.9. The number of benzene rings is 1. The zero-order chi connectivity index (χ0) is 15.2. The van der Waals surface area contributed by atoms with Crippen LogP contribution in [-0.2, 0) is 11.3 Å². The van der Waals surface area contributed by atoms with Gasteiger partial charge in [-0.15, -0.1) is 0 Å². The summed E-state index contributed by atoms with van der Waals surface area (Å²) >= 11 is 0. The Morgan fingerprint density at radius 2 is 1.90 bits per heavy atom. The molecule has 1 aliphatic rings. The maximum absolute atomic E-state index is 11.7. The maximum atomic E-state index is 11.7. The smallest absolute Gasteiger partial charge is 0.236 e. The molecule has 1 saturated heterocycles. The number of nitrogens with one attached hydrogen (secondary N) is 1. The molecule has 0 radical (unpaired) electrons. The summed E-state index contributed by atoms with van der Waals surface area (Å²) in [6, 6.07) is 7.81. The van der Waals surface area contributed by atoms with Gasteiger partial charge in [-0.1, -0.05) is 12.1 Å². The Bertz CT molecular complexity index is 451. The van der Waals surface area contributed by atoms with E-state index in [-0.39, 0.29) is 5.91 Å². The molecule has 0 aromatic heterocycles. The number of aromatic hydroxyl groups is 1. The minimum atomic E-state index is 0.172. The largest absolute Gasteiger partial charge is 0.508 e. The number of likely N-dealkylation sites (tertiary alicyclic amines) is 1. The molecule has 1 heterocycles. The third-order valence-electron chi connectivity index (χ3n) is 3.98. The molecule has 21 heavy (non-hydrogen) atoms. The number of nitrogens with zero attached hydrogens (tertiary/aromatic N) is 2. The molecular weight excluding hydrogens is 266 g/mol. The number of phenols is 1. The highest BCUT2D eigenvalue weighted by atomic mass is 16.3. The maximum Gasteiger partial charge on any atom is 0.236 e. The number of phenolic OH excluding ortho intramolecular Hbond substituents is 1. The van der Waals surface area contributed by atoms with Crippen LogP contribution >= 0.6 is 0 Å². The Kier molecular flexibility index (Phi) is 5.59. The van der Waals surface area contributed by atoms with Crippen molar-refractivity contribution in [3.63, 3.8) is 0 Å². The number of amides is 1. The Labute approximate surface area is 126 Å². The number of carbonyl (C=O) groups excluding carboxylic acids is 1. The van der Waals surface area contributed by atoms with Gasteiger partial charge in [0.05, 0.1) is 6.54 Å². The minimum absolute atomic E-state index is 0.172. The average Bonchev–Trinajstić information content (AvgIpc) is 2.48. The van der Waals surface area contributed by atoms with Gasteiger partial charge in [-0.2, -0.15) is 0 Å². The van der Waals surface area contributed by atoms with Crippen molar-refractivity contribution in [1.29, 1.82) is 0 Å². The van der Waals surface area contributed by atoms with E-state index < -0.39 is 0 Å². The first kappa shape index (κ1) is 15.8. The van der Waals surface area contributed by atoms with Gasteiger partial charge in [-0.25, -0.2) is 0 Å². The van der Waals surface area contributed by atoms with Gasteiger partial charge in [0.1, 0.15) is 5.75 Å². The van der Waals surface area contributed by atoms with Crippen molar-refractivity contribution in [3.8, 4) is 5.75 Å². The van der Waals surface area contributed by atoms with E-state index >= 15 is 0 Å². The molecule has 5 nitrogen and oxygen atoms in total. The lowest BCUT2D eigenvalue weighted by atomic mass is 10.0. The second-order valence-corrected chi connectivity index (χ2v) is 5.89. The Morgan fingerprint density at radius 3 is 2.48 bits per heavy atom. The molecule has 0 atom stereocenters. The van der Waals surface area contributed by atoms with Crippen molar-refractivity contribution in [2.75, 3.05) is 33.7 Å². The highest BCUT2D eigenvalue weighted by Gasteiger charge is 2.20. The number of carbonyl (C=O) groups is 1. The van der Waals surface area contributed by atoms with Crippen LogP contribution in [0.3, 0.4) is 0 Å². The van der Waals surface area contributed by atoms with Crippen LogP contribution in [0.1, 0.15) is 18.4 Å². The SMILES string of the molecule is CN(C)C(=O)CN1CCC(NCc2ccc(O)cc2)CC1.